The van der Waals surface area contributed by atoms with Crippen LogP contribution in [0.4, 0.5) is 5.82 Å². The molecule has 1 N–H and O–H groups in total. The lowest BCUT2D eigenvalue weighted by molar-refractivity contribution is 0.400. The van der Waals surface area contributed by atoms with E-state index in [-0.39, 0.29) is 10.7 Å². The number of aryl methyl sites for hydroxylation is 2. The molecule has 2 aromatic rings. The lowest BCUT2D eigenvalue weighted by Gasteiger charge is -2.08. The van der Waals surface area contributed by atoms with Crippen LogP contribution in [0, 0.1) is 13.8 Å². The van der Waals surface area contributed by atoms with Crippen LogP contribution in [-0.4, -0.2) is 23.4 Å². The molecule has 114 valence electrons. The van der Waals surface area contributed by atoms with Gasteiger partial charge in [-0.25, -0.2) is 8.42 Å². The van der Waals surface area contributed by atoms with E-state index in [0.717, 1.165) is 12.8 Å². The van der Waals surface area contributed by atoms with Crippen molar-refractivity contribution in [2.45, 2.75) is 50.5 Å². The van der Waals surface area contributed by atoms with E-state index in [9.17, 15) is 8.42 Å². The number of anilines is 1. The van der Waals surface area contributed by atoms with Crippen LogP contribution >= 0.6 is 0 Å². The van der Waals surface area contributed by atoms with E-state index in [1.165, 1.54) is 18.9 Å². The Balaban J connectivity index is 1.88. The zero-order chi connectivity index (χ0) is 15.0. The van der Waals surface area contributed by atoms with E-state index in [0.29, 0.717) is 17.5 Å². The summed E-state index contributed by atoms with van der Waals surface area (Å²) in [5, 5.41) is 8.01. The van der Waals surface area contributed by atoms with Gasteiger partial charge in [0.15, 0.2) is 5.82 Å². The van der Waals surface area contributed by atoms with Gasteiger partial charge >= 0.3 is 0 Å². The molecule has 1 aliphatic rings. The Morgan fingerprint density at radius 3 is 2.67 bits per heavy atom. The summed E-state index contributed by atoms with van der Waals surface area (Å²) in [4.78, 5) is 0.190. The molecule has 21 heavy (non-hydrogen) atoms. The number of aromatic nitrogens is 3. The van der Waals surface area contributed by atoms with Gasteiger partial charge in [0.05, 0.1) is 11.7 Å². The molecule has 7 nitrogen and oxygen atoms in total. The fraction of sp³-hybridized carbons (Fsp3) is 0.538. The van der Waals surface area contributed by atoms with Crippen LogP contribution in [0.25, 0.3) is 0 Å². The third-order valence-corrected chi connectivity index (χ3v) is 5.18. The van der Waals surface area contributed by atoms with E-state index < -0.39 is 10.0 Å². The average molecular weight is 310 g/mol. The molecular weight excluding hydrogens is 292 g/mol. The highest BCUT2D eigenvalue weighted by molar-refractivity contribution is 7.92. The minimum Gasteiger partial charge on any atom is -0.360 e. The number of rotatable bonds is 4. The van der Waals surface area contributed by atoms with Crippen LogP contribution in [0.15, 0.2) is 21.7 Å². The lowest BCUT2D eigenvalue weighted by Crippen LogP contribution is -2.13. The second kappa shape index (κ2) is 5.18. The minimum atomic E-state index is -3.70. The summed E-state index contributed by atoms with van der Waals surface area (Å²) in [6.07, 6.45) is 6.05. The van der Waals surface area contributed by atoms with Crippen molar-refractivity contribution < 1.29 is 12.9 Å². The summed E-state index contributed by atoms with van der Waals surface area (Å²) in [6, 6.07) is 1.84. The minimum absolute atomic E-state index is 0.181. The van der Waals surface area contributed by atoms with Crippen LogP contribution in [0.1, 0.15) is 43.2 Å². The van der Waals surface area contributed by atoms with Crippen molar-refractivity contribution in [3.63, 3.8) is 0 Å². The second-order valence-corrected chi connectivity index (χ2v) is 7.08. The molecule has 0 aromatic carbocycles. The van der Waals surface area contributed by atoms with Gasteiger partial charge in [-0.2, -0.15) is 5.10 Å². The quantitative estimate of drug-likeness (QED) is 0.936. The maximum atomic E-state index is 12.4. The van der Waals surface area contributed by atoms with E-state index in [1.807, 2.05) is 0 Å². The van der Waals surface area contributed by atoms with Crippen molar-refractivity contribution >= 4 is 15.8 Å². The molecule has 0 unspecified atom stereocenters. The number of nitrogens with zero attached hydrogens (tertiary/aromatic N) is 3. The molecule has 0 radical (unpaired) electrons. The molecule has 0 aliphatic heterocycles. The molecule has 0 saturated heterocycles. The lowest BCUT2D eigenvalue weighted by atomic mass is 10.3. The van der Waals surface area contributed by atoms with Gasteiger partial charge in [0, 0.05) is 12.3 Å². The first-order chi connectivity index (χ1) is 9.95. The van der Waals surface area contributed by atoms with Crippen LogP contribution in [0.3, 0.4) is 0 Å². The summed E-state index contributed by atoms with van der Waals surface area (Å²) in [5.41, 5.74) is 0.495. The summed E-state index contributed by atoms with van der Waals surface area (Å²) >= 11 is 0. The monoisotopic (exact) mass is 310 g/mol. The molecule has 3 rings (SSSR count). The molecule has 1 fully saturated rings. The molecule has 2 aromatic heterocycles. The Kier molecular flexibility index (Phi) is 3.48. The highest BCUT2D eigenvalue weighted by Crippen LogP contribution is 2.30. The summed E-state index contributed by atoms with van der Waals surface area (Å²) in [6.45, 7) is 3.40. The SMILES string of the molecule is Cc1cc(NS(=O)(=O)c2cn(C3CCCC3)nc2C)no1. The molecule has 8 heteroatoms. The first kappa shape index (κ1) is 14.1. The maximum absolute atomic E-state index is 12.4. The fourth-order valence-electron chi connectivity index (χ4n) is 2.69. The highest BCUT2D eigenvalue weighted by Gasteiger charge is 2.25. The van der Waals surface area contributed by atoms with Crippen LogP contribution in [0.2, 0.25) is 0 Å². The second-order valence-electron chi connectivity index (χ2n) is 5.43. The van der Waals surface area contributed by atoms with Gasteiger partial charge < -0.3 is 4.52 Å². The first-order valence-corrected chi connectivity index (χ1v) is 8.46. The molecule has 0 spiro atoms. The molecule has 0 bridgehead atoms. The van der Waals surface area contributed by atoms with Crippen LogP contribution in [0.5, 0.6) is 0 Å². The van der Waals surface area contributed by atoms with Crippen LogP contribution < -0.4 is 4.72 Å². The van der Waals surface area contributed by atoms with E-state index in [4.69, 9.17) is 4.52 Å². The number of hydrogen-bond donors (Lipinski definition) is 1. The van der Waals surface area contributed by atoms with E-state index in [1.54, 1.807) is 24.7 Å². The first-order valence-electron chi connectivity index (χ1n) is 6.97. The van der Waals surface area contributed by atoms with Gasteiger partial charge in [-0.15, -0.1) is 0 Å². The average Bonchev–Trinajstić information content (AvgIpc) is 3.09. The van der Waals surface area contributed by atoms with Gasteiger partial charge in [-0.3, -0.25) is 9.40 Å². The Bertz CT molecular complexity index is 741. The number of sulfonamides is 1. The normalized spacial score (nSPS) is 16.5. The van der Waals surface area contributed by atoms with Crippen molar-refractivity contribution in [1.82, 2.24) is 14.9 Å². The third kappa shape index (κ3) is 2.80. The topological polar surface area (TPSA) is 90.0 Å². The van der Waals surface area contributed by atoms with E-state index in [2.05, 4.69) is 15.0 Å². The summed E-state index contributed by atoms with van der Waals surface area (Å²) in [5.74, 6) is 0.728. The predicted molar refractivity (Wildman–Crippen MR) is 76.5 cm³/mol. The van der Waals surface area contributed by atoms with E-state index >= 15 is 0 Å². The van der Waals surface area contributed by atoms with Crippen molar-refractivity contribution in [2.24, 2.45) is 0 Å². The predicted octanol–water partition coefficient (Wildman–Crippen LogP) is 2.40. The Labute approximate surface area is 123 Å². The number of hydrogen-bond acceptors (Lipinski definition) is 5. The van der Waals surface area contributed by atoms with Gasteiger partial charge in [-0.1, -0.05) is 18.0 Å². The van der Waals surface area contributed by atoms with Gasteiger partial charge in [0.1, 0.15) is 10.7 Å². The van der Waals surface area contributed by atoms with Crippen molar-refractivity contribution in [3.05, 3.63) is 23.7 Å². The molecule has 1 aliphatic carbocycles. The fourth-order valence-corrected chi connectivity index (χ4v) is 3.85. The molecule has 0 atom stereocenters. The smallest absolute Gasteiger partial charge is 0.266 e. The van der Waals surface area contributed by atoms with Crippen molar-refractivity contribution in [1.29, 1.82) is 0 Å². The van der Waals surface area contributed by atoms with Gasteiger partial charge in [0.25, 0.3) is 10.0 Å². The Hall–Kier alpha value is -1.83. The highest BCUT2D eigenvalue weighted by atomic mass is 32.2. The van der Waals surface area contributed by atoms with Gasteiger partial charge in [0.2, 0.25) is 0 Å². The zero-order valence-corrected chi connectivity index (χ0v) is 12.9. The third-order valence-electron chi connectivity index (χ3n) is 3.73. The Morgan fingerprint density at radius 2 is 2.05 bits per heavy atom. The molecule has 2 heterocycles. The maximum Gasteiger partial charge on any atom is 0.266 e. The molecule has 1 saturated carbocycles. The van der Waals surface area contributed by atoms with Crippen molar-refractivity contribution in [3.8, 4) is 0 Å². The summed E-state index contributed by atoms with van der Waals surface area (Å²) in [7, 11) is -3.70. The Morgan fingerprint density at radius 1 is 1.33 bits per heavy atom. The zero-order valence-electron chi connectivity index (χ0n) is 12.0. The largest absolute Gasteiger partial charge is 0.360 e. The standard InChI is InChI=1S/C13H18N4O3S/c1-9-7-13(15-20-9)16-21(18,19)12-8-17(14-10(12)2)11-5-3-4-6-11/h7-8,11H,3-6H2,1-2H3,(H,15,16). The van der Waals surface area contributed by atoms with Crippen LogP contribution in [-0.2, 0) is 10.0 Å². The molecular formula is C13H18N4O3S. The summed E-state index contributed by atoms with van der Waals surface area (Å²) < 4.78 is 33.9. The van der Waals surface area contributed by atoms with Gasteiger partial charge in [-0.05, 0) is 26.7 Å². The number of nitrogens with one attached hydrogen (secondary N) is 1. The van der Waals surface area contributed by atoms with Crippen molar-refractivity contribution in [2.75, 3.05) is 4.72 Å². The molecule has 0 amide bonds.